The first-order valence-electron chi connectivity index (χ1n) is 11.9. The number of carbonyl (C=O) groups excluding carboxylic acids is 1. The Bertz CT molecular complexity index is 1640. The Morgan fingerprint density at radius 3 is 2.50 bits per heavy atom. The first-order chi connectivity index (χ1) is 18.5. The molecule has 38 heavy (non-hydrogen) atoms. The van der Waals surface area contributed by atoms with Gasteiger partial charge in [-0.1, -0.05) is 54.1 Å². The molecular weight excluding hydrogens is 505 g/mol. The summed E-state index contributed by atoms with van der Waals surface area (Å²) >= 11 is 6.24. The number of rotatable bonds is 6. The summed E-state index contributed by atoms with van der Waals surface area (Å²) < 4.78 is 19.6. The van der Waals surface area contributed by atoms with Crippen molar-refractivity contribution in [2.75, 3.05) is 0 Å². The minimum Gasteiger partial charge on any atom is -0.507 e. The van der Waals surface area contributed by atoms with Crippen LogP contribution in [0.25, 0.3) is 11.3 Å². The lowest BCUT2D eigenvalue weighted by atomic mass is 9.95. The van der Waals surface area contributed by atoms with E-state index in [-0.39, 0.29) is 24.0 Å². The number of H-pyrrole nitrogens is 1. The summed E-state index contributed by atoms with van der Waals surface area (Å²) in [7, 11) is 0. The van der Waals surface area contributed by atoms with Crippen LogP contribution in [0.2, 0.25) is 5.02 Å². The molecule has 1 aliphatic rings. The van der Waals surface area contributed by atoms with Gasteiger partial charge in [-0.2, -0.15) is 5.10 Å². The highest BCUT2D eigenvalue weighted by Crippen LogP contribution is 2.46. The van der Waals surface area contributed by atoms with E-state index >= 15 is 0 Å². The van der Waals surface area contributed by atoms with Crippen LogP contribution < -0.4 is 4.74 Å². The summed E-state index contributed by atoms with van der Waals surface area (Å²) in [5, 5.41) is 18.3. The predicted octanol–water partition coefficient (Wildman–Crippen LogP) is 7.11. The van der Waals surface area contributed by atoms with Crippen LogP contribution in [-0.4, -0.2) is 26.1 Å². The number of nitrogens with zero attached hydrogens (tertiary/aromatic N) is 2. The van der Waals surface area contributed by atoms with E-state index in [4.69, 9.17) is 16.3 Å². The molecule has 1 aromatic heterocycles. The molecule has 1 amide bonds. The first-order valence-corrected chi connectivity index (χ1v) is 12.3. The van der Waals surface area contributed by atoms with Crippen molar-refractivity contribution in [3.05, 3.63) is 130 Å². The van der Waals surface area contributed by atoms with Crippen LogP contribution in [0, 0.1) is 5.82 Å². The molecule has 188 valence electrons. The van der Waals surface area contributed by atoms with Gasteiger partial charge in [0, 0.05) is 22.7 Å². The Balaban J connectivity index is 1.47. The highest BCUT2D eigenvalue weighted by molar-refractivity contribution is 6.31. The average molecular weight is 526 g/mol. The number of phenols is 1. The normalized spacial score (nSPS) is 14.5. The smallest absolute Gasteiger partial charge is 0.273 e. The Kier molecular flexibility index (Phi) is 6.05. The fourth-order valence-electron chi connectivity index (χ4n) is 4.77. The molecule has 0 bridgehead atoms. The van der Waals surface area contributed by atoms with E-state index in [2.05, 4.69) is 10.2 Å². The van der Waals surface area contributed by atoms with E-state index in [1.165, 1.54) is 18.2 Å². The number of phenolic OH excluding ortho intramolecular Hbond substituents is 1. The molecule has 4 aromatic carbocycles. The van der Waals surface area contributed by atoms with Crippen molar-refractivity contribution >= 4 is 17.5 Å². The van der Waals surface area contributed by atoms with Gasteiger partial charge in [0.1, 0.15) is 34.5 Å². The number of aromatic hydroxyl groups is 1. The topological polar surface area (TPSA) is 78.5 Å². The van der Waals surface area contributed by atoms with Crippen molar-refractivity contribution in [3.63, 3.8) is 0 Å². The summed E-state index contributed by atoms with van der Waals surface area (Å²) in [4.78, 5) is 15.4. The molecule has 0 saturated carbocycles. The number of aromatic amines is 1. The quantitative estimate of drug-likeness (QED) is 0.247. The van der Waals surface area contributed by atoms with E-state index in [1.54, 1.807) is 29.2 Å². The van der Waals surface area contributed by atoms with Gasteiger partial charge in [-0.25, -0.2) is 4.39 Å². The lowest BCUT2D eigenvalue weighted by Gasteiger charge is -2.27. The number of halogens is 2. The van der Waals surface area contributed by atoms with Gasteiger partial charge >= 0.3 is 0 Å². The summed E-state index contributed by atoms with van der Waals surface area (Å²) in [6, 6.07) is 27.1. The zero-order valence-corrected chi connectivity index (χ0v) is 20.7. The van der Waals surface area contributed by atoms with Crippen molar-refractivity contribution in [1.29, 1.82) is 0 Å². The van der Waals surface area contributed by atoms with E-state index in [1.807, 2.05) is 54.6 Å². The number of fused-ring (bicyclic) bond motifs is 1. The highest BCUT2D eigenvalue weighted by atomic mass is 35.5. The van der Waals surface area contributed by atoms with Gasteiger partial charge in [-0.05, 0) is 65.7 Å². The Hall–Kier alpha value is -4.62. The zero-order valence-electron chi connectivity index (χ0n) is 19.9. The second-order valence-electron chi connectivity index (χ2n) is 8.97. The van der Waals surface area contributed by atoms with Crippen LogP contribution >= 0.6 is 11.6 Å². The molecule has 0 spiro atoms. The van der Waals surface area contributed by atoms with Crippen LogP contribution in [0.3, 0.4) is 0 Å². The molecule has 5 aromatic rings. The lowest BCUT2D eigenvalue weighted by molar-refractivity contribution is 0.0730. The molecule has 2 heterocycles. The third kappa shape index (κ3) is 4.37. The Labute approximate surface area is 222 Å². The number of hydrogen-bond acceptors (Lipinski definition) is 4. The van der Waals surface area contributed by atoms with E-state index in [0.717, 1.165) is 11.1 Å². The number of nitrogens with one attached hydrogen (secondary N) is 1. The number of ether oxygens (including phenoxy) is 1. The maximum atomic E-state index is 13.7. The van der Waals surface area contributed by atoms with Crippen LogP contribution in [-0.2, 0) is 6.54 Å². The van der Waals surface area contributed by atoms with Crippen molar-refractivity contribution in [3.8, 4) is 28.5 Å². The summed E-state index contributed by atoms with van der Waals surface area (Å²) in [6.07, 6.45) is 0. The molecule has 8 heteroatoms. The molecular formula is C30H21ClFN3O3. The predicted molar refractivity (Wildman–Crippen MR) is 142 cm³/mol. The molecule has 0 radical (unpaired) electrons. The van der Waals surface area contributed by atoms with Gasteiger partial charge in [0.05, 0.1) is 6.04 Å². The summed E-state index contributed by atoms with van der Waals surface area (Å²) in [6.45, 7) is 0.233. The minimum atomic E-state index is -0.561. The van der Waals surface area contributed by atoms with Gasteiger partial charge in [0.15, 0.2) is 0 Å². The molecule has 1 aliphatic heterocycles. The SMILES string of the molecule is O=C1c2[nH]nc(-c3cc(Cl)ccc3O)c2C(c2cccc(Oc3ccccc3)c2)N1Cc1ccc(F)cc1. The third-order valence-corrected chi connectivity index (χ3v) is 6.73. The number of amides is 1. The summed E-state index contributed by atoms with van der Waals surface area (Å²) in [5.41, 5.74) is 3.33. The molecule has 6 rings (SSSR count). The van der Waals surface area contributed by atoms with Crippen molar-refractivity contribution in [2.24, 2.45) is 0 Å². The fraction of sp³-hybridized carbons (Fsp3) is 0.0667. The molecule has 1 unspecified atom stereocenters. The number of benzene rings is 4. The fourth-order valence-corrected chi connectivity index (χ4v) is 4.94. The molecule has 1 atom stereocenters. The minimum absolute atomic E-state index is 0.00644. The van der Waals surface area contributed by atoms with E-state index in [9.17, 15) is 14.3 Å². The standard InChI is InChI=1S/C30H21ClFN3O3/c31-20-11-14-25(36)24(16-20)27-26-28(34-33-27)30(37)35(17-18-9-12-21(32)13-10-18)29(26)19-5-4-8-23(15-19)38-22-6-2-1-3-7-22/h1-16,29,36H,17H2,(H,33,34). The largest absolute Gasteiger partial charge is 0.507 e. The van der Waals surface area contributed by atoms with Crippen molar-refractivity contribution < 1.29 is 19.0 Å². The average Bonchev–Trinajstić information content (AvgIpc) is 3.46. The zero-order chi connectivity index (χ0) is 26.2. The number of aromatic nitrogens is 2. The molecule has 6 nitrogen and oxygen atoms in total. The van der Waals surface area contributed by atoms with Gasteiger partial charge in [-0.3, -0.25) is 9.89 Å². The second kappa shape index (κ2) is 9.68. The molecule has 0 fully saturated rings. The van der Waals surface area contributed by atoms with E-state index in [0.29, 0.717) is 39.0 Å². The Morgan fingerprint density at radius 1 is 0.947 bits per heavy atom. The van der Waals surface area contributed by atoms with Gasteiger partial charge < -0.3 is 14.7 Å². The number of hydrogen-bond donors (Lipinski definition) is 2. The van der Waals surface area contributed by atoms with Crippen LogP contribution in [0.1, 0.15) is 33.2 Å². The lowest BCUT2D eigenvalue weighted by Crippen LogP contribution is -2.29. The van der Waals surface area contributed by atoms with Crippen LogP contribution in [0.5, 0.6) is 17.2 Å². The van der Waals surface area contributed by atoms with Crippen LogP contribution in [0.15, 0.2) is 97.1 Å². The third-order valence-electron chi connectivity index (χ3n) is 6.50. The highest BCUT2D eigenvalue weighted by Gasteiger charge is 2.42. The van der Waals surface area contributed by atoms with Crippen molar-refractivity contribution in [2.45, 2.75) is 12.6 Å². The Morgan fingerprint density at radius 2 is 1.71 bits per heavy atom. The first kappa shape index (κ1) is 23.8. The van der Waals surface area contributed by atoms with Crippen molar-refractivity contribution in [1.82, 2.24) is 15.1 Å². The van der Waals surface area contributed by atoms with Gasteiger partial charge in [0.2, 0.25) is 0 Å². The monoisotopic (exact) mass is 525 g/mol. The van der Waals surface area contributed by atoms with Gasteiger partial charge in [-0.15, -0.1) is 0 Å². The summed E-state index contributed by atoms with van der Waals surface area (Å²) in [5.74, 6) is 0.671. The second-order valence-corrected chi connectivity index (χ2v) is 9.41. The maximum Gasteiger partial charge on any atom is 0.273 e. The molecule has 2 N–H and O–H groups in total. The van der Waals surface area contributed by atoms with E-state index < -0.39 is 6.04 Å². The maximum absolute atomic E-state index is 13.7. The molecule has 0 saturated heterocycles. The van der Waals surface area contributed by atoms with Gasteiger partial charge in [0.25, 0.3) is 5.91 Å². The number of carbonyl (C=O) groups is 1. The van der Waals surface area contributed by atoms with Crippen LogP contribution in [0.4, 0.5) is 4.39 Å². The number of para-hydroxylation sites is 1. The molecule has 0 aliphatic carbocycles.